The number of carbonyl (C=O) groups excluding carboxylic acids is 1. The van der Waals surface area contributed by atoms with Gasteiger partial charge in [0.25, 0.3) is 5.91 Å². The van der Waals surface area contributed by atoms with Gasteiger partial charge >= 0.3 is 0 Å². The molecule has 168 valence electrons. The Morgan fingerprint density at radius 2 is 1.78 bits per heavy atom. The molecule has 0 aliphatic rings. The Balaban J connectivity index is 0.00000289. The van der Waals surface area contributed by atoms with Gasteiger partial charge in [-0.25, -0.2) is 4.98 Å². The number of anilines is 1. The lowest BCUT2D eigenvalue weighted by Crippen LogP contribution is -2.33. The third-order valence-corrected chi connectivity index (χ3v) is 6.63. The second-order valence-electron chi connectivity index (χ2n) is 7.62. The maximum absolute atomic E-state index is 13.8. The maximum Gasteiger partial charge on any atom is 0.263 e. The number of aromatic nitrogens is 1. The zero-order chi connectivity index (χ0) is 22.0. The van der Waals surface area contributed by atoms with Crippen molar-refractivity contribution in [2.45, 2.75) is 6.42 Å². The molecule has 0 saturated carbocycles. The van der Waals surface area contributed by atoms with Crippen LogP contribution in [0.4, 0.5) is 5.13 Å². The largest absolute Gasteiger partial charge is 0.496 e. The number of rotatable bonds is 7. The molecule has 0 N–H and O–H groups in total. The highest BCUT2D eigenvalue weighted by Gasteiger charge is 2.24. The Kier molecular flexibility index (Phi) is 8.11. The lowest BCUT2D eigenvalue weighted by atomic mass is 10.0. The zero-order valence-corrected chi connectivity index (χ0v) is 21.4. The van der Waals surface area contributed by atoms with E-state index in [9.17, 15) is 4.79 Å². The lowest BCUT2D eigenvalue weighted by Gasteiger charge is -2.22. The minimum atomic E-state index is -0.0977. The fourth-order valence-electron chi connectivity index (χ4n) is 3.53. The standard InChI is InChI=1S/C24H24BrN3O2S.ClH/c1-27(2)11-6-12-28(24-26-20-10-9-18(25)15-22(20)31-24)23(29)19-13-16-7-4-5-8-17(16)14-21(19)30-3;/h4-5,7-10,13-15H,6,11-12H2,1-3H3;1H. The fourth-order valence-corrected chi connectivity index (χ4v) is 5.07. The van der Waals surface area contributed by atoms with Crippen molar-refractivity contribution in [1.29, 1.82) is 0 Å². The molecular formula is C24H25BrClN3O2S. The van der Waals surface area contributed by atoms with Gasteiger partial charge in [0.1, 0.15) is 5.75 Å². The van der Waals surface area contributed by atoms with Gasteiger partial charge in [-0.15, -0.1) is 12.4 Å². The number of ether oxygens (including phenoxy) is 1. The van der Waals surface area contributed by atoms with Crippen LogP contribution in [0.3, 0.4) is 0 Å². The van der Waals surface area contributed by atoms with Gasteiger partial charge in [-0.1, -0.05) is 51.5 Å². The molecule has 0 fully saturated rings. The van der Waals surface area contributed by atoms with Gasteiger partial charge in [-0.3, -0.25) is 9.69 Å². The first-order valence-electron chi connectivity index (χ1n) is 10.1. The van der Waals surface area contributed by atoms with Gasteiger partial charge in [0, 0.05) is 11.0 Å². The van der Waals surface area contributed by atoms with Crippen LogP contribution in [-0.4, -0.2) is 50.1 Å². The first-order chi connectivity index (χ1) is 15.0. The summed E-state index contributed by atoms with van der Waals surface area (Å²) < 4.78 is 7.64. The highest BCUT2D eigenvalue weighted by Crippen LogP contribution is 2.34. The van der Waals surface area contributed by atoms with E-state index in [1.54, 1.807) is 12.0 Å². The van der Waals surface area contributed by atoms with Gasteiger partial charge in [0.15, 0.2) is 5.13 Å². The number of benzene rings is 3. The monoisotopic (exact) mass is 533 g/mol. The number of hydrogen-bond donors (Lipinski definition) is 0. The van der Waals surface area contributed by atoms with Crippen LogP contribution in [0.15, 0.2) is 59.1 Å². The molecule has 4 aromatic rings. The van der Waals surface area contributed by atoms with Crippen molar-refractivity contribution in [2.24, 2.45) is 0 Å². The van der Waals surface area contributed by atoms with Gasteiger partial charge in [-0.05, 0) is 68.2 Å². The first kappa shape index (κ1) is 24.5. The number of halogens is 2. The smallest absolute Gasteiger partial charge is 0.263 e. The van der Waals surface area contributed by atoms with E-state index in [4.69, 9.17) is 9.72 Å². The van der Waals surface area contributed by atoms with Crippen molar-refractivity contribution >= 4 is 71.7 Å². The van der Waals surface area contributed by atoms with Gasteiger partial charge in [0.05, 0.1) is 22.9 Å². The molecule has 3 aromatic carbocycles. The average Bonchev–Trinajstić information content (AvgIpc) is 3.17. The van der Waals surface area contributed by atoms with Crippen molar-refractivity contribution in [3.05, 3.63) is 64.6 Å². The van der Waals surface area contributed by atoms with Crippen LogP contribution in [0, 0.1) is 0 Å². The van der Waals surface area contributed by atoms with Crippen LogP contribution in [0.5, 0.6) is 5.75 Å². The van der Waals surface area contributed by atoms with Crippen LogP contribution in [0.1, 0.15) is 16.8 Å². The van der Waals surface area contributed by atoms with Gasteiger partial charge in [-0.2, -0.15) is 0 Å². The van der Waals surface area contributed by atoms with E-state index in [2.05, 4.69) is 20.8 Å². The molecule has 0 atom stereocenters. The summed E-state index contributed by atoms with van der Waals surface area (Å²) in [4.78, 5) is 22.4. The van der Waals surface area contributed by atoms with E-state index in [1.165, 1.54) is 11.3 Å². The SMILES string of the molecule is COc1cc2ccccc2cc1C(=O)N(CCCN(C)C)c1nc2ccc(Br)cc2s1.Cl. The molecule has 1 aromatic heterocycles. The number of thiazole rings is 1. The van der Waals surface area contributed by atoms with Crippen molar-refractivity contribution in [3.63, 3.8) is 0 Å². The highest BCUT2D eigenvalue weighted by molar-refractivity contribution is 9.10. The number of nitrogens with zero attached hydrogens (tertiary/aromatic N) is 3. The molecule has 5 nitrogen and oxygen atoms in total. The van der Waals surface area contributed by atoms with Crippen molar-refractivity contribution < 1.29 is 9.53 Å². The topological polar surface area (TPSA) is 45.7 Å². The first-order valence-corrected chi connectivity index (χ1v) is 11.7. The molecule has 0 unspecified atom stereocenters. The van der Waals surface area contributed by atoms with Crippen molar-refractivity contribution in [1.82, 2.24) is 9.88 Å². The predicted molar refractivity (Wildman–Crippen MR) is 140 cm³/mol. The van der Waals surface area contributed by atoms with Crippen LogP contribution >= 0.6 is 39.7 Å². The quantitative estimate of drug-likeness (QED) is 0.281. The third-order valence-electron chi connectivity index (χ3n) is 5.10. The molecule has 1 heterocycles. The van der Waals surface area contributed by atoms with E-state index in [0.29, 0.717) is 23.0 Å². The summed E-state index contributed by atoms with van der Waals surface area (Å²) in [7, 11) is 5.67. The number of carbonyl (C=O) groups is 1. The summed E-state index contributed by atoms with van der Waals surface area (Å²) in [5.74, 6) is 0.477. The van der Waals surface area contributed by atoms with E-state index in [0.717, 1.165) is 38.4 Å². The van der Waals surface area contributed by atoms with E-state index >= 15 is 0 Å². The van der Waals surface area contributed by atoms with Gasteiger partial charge < -0.3 is 9.64 Å². The Morgan fingerprint density at radius 1 is 1.06 bits per heavy atom. The molecule has 0 aliphatic heterocycles. The Hall–Kier alpha value is -2.19. The van der Waals surface area contributed by atoms with Crippen LogP contribution in [-0.2, 0) is 0 Å². The minimum Gasteiger partial charge on any atom is -0.496 e. The van der Waals surface area contributed by atoms with E-state index in [-0.39, 0.29) is 18.3 Å². The molecule has 1 amide bonds. The van der Waals surface area contributed by atoms with E-state index in [1.807, 2.05) is 68.7 Å². The molecular weight excluding hydrogens is 510 g/mol. The zero-order valence-electron chi connectivity index (χ0n) is 18.2. The van der Waals surface area contributed by atoms with Gasteiger partial charge in [0.2, 0.25) is 0 Å². The summed E-state index contributed by atoms with van der Waals surface area (Å²) in [6.45, 7) is 1.46. The lowest BCUT2D eigenvalue weighted by molar-refractivity contribution is 0.0983. The Bertz CT molecular complexity index is 1240. The second-order valence-corrected chi connectivity index (χ2v) is 9.55. The molecule has 0 aliphatic carbocycles. The third kappa shape index (κ3) is 5.23. The highest BCUT2D eigenvalue weighted by atomic mass is 79.9. The Labute approximate surface area is 206 Å². The van der Waals surface area contributed by atoms with Crippen LogP contribution < -0.4 is 9.64 Å². The Morgan fingerprint density at radius 3 is 2.47 bits per heavy atom. The number of amides is 1. The summed E-state index contributed by atoms with van der Waals surface area (Å²) in [6.07, 6.45) is 0.842. The molecule has 0 spiro atoms. The molecule has 8 heteroatoms. The van der Waals surface area contributed by atoms with Crippen molar-refractivity contribution in [3.8, 4) is 5.75 Å². The molecule has 0 radical (unpaired) electrons. The maximum atomic E-state index is 13.8. The number of hydrogen-bond acceptors (Lipinski definition) is 5. The van der Waals surface area contributed by atoms with Crippen LogP contribution in [0.2, 0.25) is 0 Å². The van der Waals surface area contributed by atoms with E-state index < -0.39 is 0 Å². The molecule has 32 heavy (non-hydrogen) atoms. The molecule has 0 bridgehead atoms. The minimum absolute atomic E-state index is 0. The van der Waals surface area contributed by atoms with Crippen LogP contribution in [0.25, 0.3) is 21.0 Å². The second kappa shape index (κ2) is 10.6. The predicted octanol–water partition coefficient (Wildman–Crippen LogP) is 6.24. The summed E-state index contributed by atoms with van der Waals surface area (Å²) in [5, 5.41) is 2.75. The molecule has 0 saturated heterocycles. The number of methoxy groups -OCH3 is 1. The summed E-state index contributed by atoms with van der Waals surface area (Å²) in [6, 6.07) is 17.8. The number of fused-ring (bicyclic) bond motifs is 2. The summed E-state index contributed by atoms with van der Waals surface area (Å²) in [5.41, 5.74) is 1.44. The summed E-state index contributed by atoms with van der Waals surface area (Å²) >= 11 is 5.05. The molecule has 4 rings (SSSR count). The van der Waals surface area contributed by atoms with Crippen molar-refractivity contribution in [2.75, 3.05) is 39.2 Å². The fraction of sp³-hybridized carbons (Fsp3) is 0.250. The normalized spacial score (nSPS) is 11.0. The average molecular weight is 535 g/mol.